The lowest BCUT2D eigenvalue weighted by Crippen LogP contribution is -2.31. The van der Waals surface area contributed by atoms with E-state index in [1.165, 1.54) is 4.57 Å². The fraction of sp³-hybridized carbons (Fsp3) is 0.500. The zero-order chi connectivity index (χ0) is 10.9. The van der Waals surface area contributed by atoms with E-state index in [2.05, 4.69) is 4.98 Å². The van der Waals surface area contributed by atoms with Crippen LogP contribution in [-0.2, 0) is 0 Å². The summed E-state index contributed by atoms with van der Waals surface area (Å²) in [6.45, 7) is 3.45. The molecular formula is C8H15N5O. The first kappa shape index (κ1) is 10.7. The molecule has 0 amide bonds. The summed E-state index contributed by atoms with van der Waals surface area (Å²) in [6, 6.07) is -0.270. The normalized spacial score (nSPS) is 15.1. The van der Waals surface area contributed by atoms with E-state index in [1.54, 1.807) is 20.0 Å². The van der Waals surface area contributed by atoms with Gasteiger partial charge < -0.3 is 17.2 Å². The summed E-state index contributed by atoms with van der Waals surface area (Å²) in [5, 5.41) is 0. The molecule has 0 aliphatic carbocycles. The molecular weight excluding hydrogens is 182 g/mol. The van der Waals surface area contributed by atoms with Gasteiger partial charge in [0.05, 0.1) is 6.17 Å². The Hall–Kier alpha value is -1.40. The second-order valence-electron chi connectivity index (χ2n) is 3.30. The highest BCUT2D eigenvalue weighted by Gasteiger charge is 2.10. The van der Waals surface area contributed by atoms with Crippen molar-refractivity contribution in [1.29, 1.82) is 0 Å². The molecule has 6 N–H and O–H groups in total. The van der Waals surface area contributed by atoms with E-state index in [9.17, 15) is 4.79 Å². The average Bonchev–Trinajstić information content (AvgIpc) is 2.02. The van der Waals surface area contributed by atoms with Crippen molar-refractivity contribution in [2.45, 2.75) is 26.1 Å². The van der Waals surface area contributed by atoms with Gasteiger partial charge in [0.15, 0.2) is 0 Å². The van der Waals surface area contributed by atoms with E-state index < -0.39 is 11.9 Å². The fourth-order valence-corrected chi connectivity index (χ4v) is 1.14. The molecule has 0 radical (unpaired) electrons. The van der Waals surface area contributed by atoms with Gasteiger partial charge in [-0.25, -0.2) is 4.79 Å². The third-order valence-corrected chi connectivity index (χ3v) is 1.94. The van der Waals surface area contributed by atoms with Gasteiger partial charge >= 0.3 is 5.69 Å². The Morgan fingerprint density at radius 1 is 1.43 bits per heavy atom. The first-order valence-corrected chi connectivity index (χ1v) is 4.33. The first-order chi connectivity index (χ1) is 6.43. The molecule has 1 rings (SSSR count). The number of hydrogen-bond donors (Lipinski definition) is 3. The summed E-state index contributed by atoms with van der Waals surface area (Å²) < 4.78 is 1.30. The second-order valence-corrected chi connectivity index (χ2v) is 3.30. The van der Waals surface area contributed by atoms with E-state index in [0.717, 1.165) is 0 Å². The van der Waals surface area contributed by atoms with Crippen molar-refractivity contribution in [3.63, 3.8) is 0 Å². The Balaban J connectivity index is 3.35. The number of nitrogens with zero attached hydrogens (tertiary/aromatic N) is 2. The Kier molecular flexibility index (Phi) is 2.87. The molecule has 14 heavy (non-hydrogen) atoms. The quantitative estimate of drug-likeness (QED) is 0.581. The summed E-state index contributed by atoms with van der Waals surface area (Å²) in [7, 11) is 0. The lowest BCUT2D eigenvalue weighted by molar-refractivity contribution is 0.533. The SMILES string of the molecule is CC(N)c1cn(C(C)N)c(=O)nc1N. The number of rotatable bonds is 2. The molecule has 1 aromatic heterocycles. The summed E-state index contributed by atoms with van der Waals surface area (Å²) in [6.07, 6.45) is 1.12. The van der Waals surface area contributed by atoms with Crippen LogP contribution in [-0.4, -0.2) is 9.55 Å². The molecule has 0 aromatic carbocycles. The van der Waals surface area contributed by atoms with Crippen molar-refractivity contribution in [3.05, 3.63) is 22.2 Å². The third-order valence-electron chi connectivity index (χ3n) is 1.94. The topological polar surface area (TPSA) is 113 Å². The van der Waals surface area contributed by atoms with Crippen LogP contribution < -0.4 is 22.9 Å². The lowest BCUT2D eigenvalue weighted by Gasteiger charge is -2.14. The largest absolute Gasteiger partial charge is 0.383 e. The predicted molar refractivity (Wildman–Crippen MR) is 54.4 cm³/mol. The minimum Gasteiger partial charge on any atom is -0.383 e. The van der Waals surface area contributed by atoms with Crippen molar-refractivity contribution < 1.29 is 0 Å². The molecule has 0 bridgehead atoms. The minimum atomic E-state index is -0.457. The van der Waals surface area contributed by atoms with Crippen LogP contribution >= 0.6 is 0 Å². The maximum atomic E-state index is 11.3. The van der Waals surface area contributed by atoms with Gasteiger partial charge in [0.2, 0.25) is 0 Å². The molecule has 1 aromatic rings. The zero-order valence-corrected chi connectivity index (χ0v) is 8.27. The smallest absolute Gasteiger partial charge is 0.350 e. The van der Waals surface area contributed by atoms with Crippen LogP contribution in [0.3, 0.4) is 0 Å². The highest BCUT2D eigenvalue weighted by molar-refractivity contribution is 5.38. The highest BCUT2D eigenvalue weighted by Crippen LogP contribution is 2.13. The van der Waals surface area contributed by atoms with E-state index in [1.807, 2.05) is 0 Å². The molecule has 6 heteroatoms. The molecule has 1 heterocycles. The van der Waals surface area contributed by atoms with Crippen LogP contribution in [0.15, 0.2) is 11.0 Å². The molecule has 0 saturated heterocycles. The van der Waals surface area contributed by atoms with Crippen LogP contribution in [0.5, 0.6) is 0 Å². The predicted octanol–water partition coefficient (Wildman–Crippen LogP) is -0.678. The summed E-state index contributed by atoms with van der Waals surface area (Å²) in [4.78, 5) is 14.9. The molecule has 0 spiro atoms. The molecule has 2 atom stereocenters. The average molecular weight is 197 g/mol. The van der Waals surface area contributed by atoms with Gasteiger partial charge in [-0.3, -0.25) is 4.57 Å². The fourth-order valence-electron chi connectivity index (χ4n) is 1.14. The standard InChI is InChI=1S/C8H15N5O/c1-4(9)6-3-13(5(2)10)8(14)12-7(6)11/h3-5H,9-10H2,1-2H3,(H2,11,12,14). The molecule has 6 nitrogen and oxygen atoms in total. The van der Waals surface area contributed by atoms with Crippen LogP contribution in [0.4, 0.5) is 5.82 Å². The molecule has 0 aliphatic heterocycles. The highest BCUT2D eigenvalue weighted by atomic mass is 16.1. The van der Waals surface area contributed by atoms with E-state index in [4.69, 9.17) is 17.2 Å². The van der Waals surface area contributed by atoms with E-state index in [0.29, 0.717) is 5.56 Å². The minimum absolute atomic E-state index is 0.168. The molecule has 2 unspecified atom stereocenters. The Labute approximate surface area is 81.7 Å². The van der Waals surface area contributed by atoms with Gasteiger partial charge in [0.1, 0.15) is 5.82 Å². The maximum absolute atomic E-state index is 11.3. The maximum Gasteiger partial charge on any atom is 0.350 e. The van der Waals surface area contributed by atoms with Crippen LogP contribution in [0.1, 0.15) is 31.6 Å². The Bertz CT molecular complexity index is 382. The van der Waals surface area contributed by atoms with Crippen molar-refractivity contribution in [2.24, 2.45) is 11.5 Å². The van der Waals surface area contributed by atoms with Gasteiger partial charge in [-0.15, -0.1) is 0 Å². The second kappa shape index (κ2) is 3.77. The van der Waals surface area contributed by atoms with Gasteiger partial charge in [0.25, 0.3) is 0 Å². The van der Waals surface area contributed by atoms with E-state index >= 15 is 0 Å². The van der Waals surface area contributed by atoms with Crippen LogP contribution in [0, 0.1) is 0 Å². The van der Waals surface area contributed by atoms with Gasteiger partial charge in [-0.2, -0.15) is 4.98 Å². The molecule has 0 fully saturated rings. The van der Waals surface area contributed by atoms with Crippen molar-refractivity contribution in [3.8, 4) is 0 Å². The summed E-state index contributed by atoms with van der Waals surface area (Å²) in [5.74, 6) is 0.168. The van der Waals surface area contributed by atoms with Gasteiger partial charge in [0, 0.05) is 17.8 Å². The number of aromatic nitrogens is 2. The Morgan fingerprint density at radius 3 is 2.43 bits per heavy atom. The van der Waals surface area contributed by atoms with Crippen molar-refractivity contribution in [1.82, 2.24) is 9.55 Å². The van der Waals surface area contributed by atoms with Crippen LogP contribution in [0.25, 0.3) is 0 Å². The molecule has 0 aliphatic rings. The summed E-state index contributed by atoms with van der Waals surface area (Å²) >= 11 is 0. The monoisotopic (exact) mass is 197 g/mol. The zero-order valence-electron chi connectivity index (χ0n) is 8.27. The number of nitrogen functional groups attached to an aromatic ring is 1. The number of anilines is 1. The first-order valence-electron chi connectivity index (χ1n) is 4.33. The summed E-state index contributed by atoms with van der Waals surface area (Å²) in [5.41, 5.74) is 16.9. The molecule has 0 saturated carbocycles. The lowest BCUT2D eigenvalue weighted by atomic mass is 10.2. The molecule has 78 valence electrons. The number of nitrogens with two attached hydrogens (primary N) is 3. The number of hydrogen-bond acceptors (Lipinski definition) is 5. The van der Waals surface area contributed by atoms with Crippen molar-refractivity contribution in [2.75, 3.05) is 5.73 Å². The van der Waals surface area contributed by atoms with Crippen molar-refractivity contribution >= 4 is 5.82 Å². The van der Waals surface area contributed by atoms with Crippen LogP contribution in [0.2, 0.25) is 0 Å². The van der Waals surface area contributed by atoms with Gasteiger partial charge in [-0.1, -0.05) is 0 Å². The van der Waals surface area contributed by atoms with E-state index in [-0.39, 0.29) is 11.9 Å². The van der Waals surface area contributed by atoms with Gasteiger partial charge in [-0.05, 0) is 13.8 Å². The Morgan fingerprint density at radius 2 is 2.00 bits per heavy atom. The third kappa shape index (κ3) is 1.91.